The lowest BCUT2D eigenvalue weighted by molar-refractivity contribution is -0.149. The third-order valence-electron chi connectivity index (χ3n) is 11.1. The molecule has 0 radical (unpaired) electrons. The number of hydrogen-bond donors (Lipinski definition) is 1. The minimum atomic E-state index is -3.77. The average Bonchev–Trinajstić information content (AvgIpc) is 3.56. The van der Waals surface area contributed by atoms with Crippen LogP contribution in [0.15, 0.2) is 24.3 Å². The van der Waals surface area contributed by atoms with Gasteiger partial charge in [-0.2, -0.15) is 0 Å². The Morgan fingerprint density at radius 2 is 1.51 bits per heavy atom. The van der Waals surface area contributed by atoms with Crippen molar-refractivity contribution < 1.29 is 37.1 Å². The van der Waals surface area contributed by atoms with E-state index < -0.39 is 57.5 Å². The second-order valence-electron chi connectivity index (χ2n) is 16.0. The second-order valence-corrected chi connectivity index (χ2v) is 18.1. The fraction of sp³-hybridized carbons (Fsp3) is 0.750. The molecule has 1 aromatic rings. The SMILES string of the molecule is CC[C@H](C)[C@@H]([C@@H](CC(=O)N1CCC[C@H]1[C@H](OC)[C@@H](C)C(=O)CS(=O)(=O)Cc1ccc(N)cc1)OC)N(C)C(=O)[C@@H](CC(=O)[C@H](C(C)C)N(C)C)C(C)C. The van der Waals surface area contributed by atoms with Crippen LogP contribution in [0.3, 0.4) is 0 Å². The molecular weight excluding hydrogens is 697 g/mol. The maximum atomic E-state index is 14.3. The van der Waals surface area contributed by atoms with E-state index in [-0.39, 0.29) is 60.0 Å². The zero-order chi connectivity index (χ0) is 40.4. The summed E-state index contributed by atoms with van der Waals surface area (Å²) >= 11 is 0. The van der Waals surface area contributed by atoms with Crippen molar-refractivity contribution in [2.75, 3.05) is 53.4 Å². The van der Waals surface area contributed by atoms with Crippen LogP contribution < -0.4 is 5.73 Å². The van der Waals surface area contributed by atoms with Gasteiger partial charge in [-0.1, -0.05) is 67.0 Å². The molecule has 0 aromatic heterocycles. The Morgan fingerprint density at radius 3 is 2.00 bits per heavy atom. The van der Waals surface area contributed by atoms with E-state index in [9.17, 15) is 27.6 Å². The van der Waals surface area contributed by atoms with Crippen molar-refractivity contribution in [3.63, 3.8) is 0 Å². The van der Waals surface area contributed by atoms with Crippen LogP contribution in [-0.2, 0) is 44.2 Å². The summed E-state index contributed by atoms with van der Waals surface area (Å²) in [6.45, 7) is 14.1. The highest BCUT2D eigenvalue weighted by molar-refractivity contribution is 7.91. The molecule has 2 rings (SSSR count). The number of sulfone groups is 1. The first-order valence-electron chi connectivity index (χ1n) is 19.1. The molecule has 1 saturated heterocycles. The molecule has 2 amide bonds. The molecule has 0 spiro atoms. The fourth-order valence-electron chi connectivity index (χ4n) is 8.07. The number of nitrogen functional groups attached to an aromatic ring is 1. The summed E-state index contributed by atoms with van der Waals surface area (Å²) in [4.78, 5) is 60.6. The van der Waals surface area contributed by atoms with Gasteiger partial charge < -0.3 is 25.0 Å². The molecule has 1 fully saturated rings. The van der Waals surface area contributed by atoms with Gasteiger partial charge in [-0.15, -0.1) is 0 Å². The highest BCUT2D eigenvalue weighted by Gasteiger charge is 2.43. The molecule has 1 aliphatic heterocycles. The van der Waals surface area contributed by atoms with Crippen molar-refractivity contribution in [1.82, 2.24) is 14.7 Å². The molecule has 13 heteroatoms. The number of ketones is 2. The molecule has 0 aliphatic carbocycles. The van der Waals surface area contributed by atoms with Crippen molar-refractivity contribution in [3.05, 3.63) is 29.8 Å². The van der Waals surface area contributed by atoms with Gasteiger partial charge in [0.05, 0.1) is 42.5 Å². The molecule has 1 heterocycles. The normalized spacial score (nSPS) is 19.2. The minimum Gasteiger partial charge on any atom is -0.399 e. The lowest BCUT2D eigenvalue weighted by Gasteiger charge is -2.41. The van der Waals surface area contributed by atoms with Crippen molar-refractivity contribution in [3.8, 4) is 0 Å². The van der Waals surface area contributed by atoms with E-state index in [1.165, 1.54) is 7.11 Å². The summed E-state index contributed by atoms with van der Waals surface area (Å²) < 4.78 is 37.8. The molecule has 2 N–H and O–H groups in total. The minimum absolute atomic E-state index is 0.00428. The monoisotopic (exact) mass is 764 g/mol. The molecule has 1 aliphatic rings. The van der Waals surface area contributed by atoms with E-state index in [0.29, 0.717) is 30.6 Å². The maximum absolute atomic E-state index is 14.3. The van der Waals surface area contributed by atoms with Crippen LogP contribution in [0.25, 0.3) is 0 Å². The van der Waals surface area contributed by atoms with Crippen molar-refractivity contribution >= 4 is 38.9 Å². The maximum Gasteiger partial charge on any atom is 0.226 e. The van der Waals surface area contributed by atoms with E-state index in [1.54, 1.807) is 55.1 Å². The Bertz CT molecular complexity index is 1460. The van der Waals surface area contributed by atoms with Crippen LogP contribution in [0, 0.1) is 29.6 Å². The number of hydrogen-bond acceptors (Lipinski definition) is 10. The number of likely N-dealkylation sites (tertiary alicyclic amines) is 1. The number of rotatable bonds is 22. The molecule has 12 nitrogen and oxygen atoms in total. The van der Waals surface area contributed by atoms with Crippen molar-refractivity contribution in [2.45, 2.75) is 117 Å². The van der Waals surface area contributed by atoms with E-state index in [0.717, 1.165) is 6.42 Å². The molecule has 1 aromatic carbocycles. The lowest BCUT2D eigenvalue weighted by atomic mass is 9.83. The first-order chi connectivity index (χ1) is 24.7. The summed E-state index contributed by atoms with van der Waals surface area (Å²) in [7, 11) is 4.77. The van der Waals surface area contributed by atoms with E-state index in [4.69, 9.17) is 15.2 Å². The first kappa shape index (κ1) is 46.3. The van der Waals surface area contributed by atoms with Gasteiger partial charge in [0.15, 0.2) is 21.4 Å². The van der Waals surface area contributed by atoms with Crippen LogP contribution in [0.2, 0.25) is 0 Å². The number of carbonyl (C=O) groups is 4. The van der Waals surface area contributed by atoms with E-state index in [1.807, 2.05) is 60.5 Å². The molecule has 0 saturated carbocycles. The Labute approximate surface area is 319 Å². The number of amides is 2. The molecule has 0 bridgehead atoms. The van der Waals surface area contributed by atoms with Gasteiger partial charge in [-0.25, -0.2) is 8.42 Å². The third kappa shape index (κ3) is 12.6. The van der Waals surface area contributed by atoms with Crippen LogP contribution >= 0.6 is 0 Å². The van der Waals surface area contributed by atoms with Crippen molar-refractivity contribution in [2.24, 2.45) is 29.6 Å². The first-order valence-corrected chi connectivity index (χ1v) is 20.9. The predicted octanol–water partition coefficient (Wildman–Crippen LogP) is 4.49. The molecule has 8 atom stereocenters. The zero-order valence-corrected chi connectivity index (χ0v) is 35.1. The summed E-state index contributed by atoms with van der Waals surface area (Å²) in [5.41, 5.74) is 6.79. The molecule has 53 heavy (non-hydrogen) atoms. The van der Waals surface area contributed by atoms with Gasteiger partial charge in [0.1, 0.15) is 5.75 Å². The van der Waals surface area contributed by atoms with Gasteiger partial charge in [0, 0.05) is 51.8 Å². The summed E-state index contributed by atoms with van der Waals surface area (Å²) in [5.74, 6) is -3.03. The van der Waals surface area contributed by atoms with Gasteiger partial charge >= 0.3 is 0 Å². The zero-order valence-electron chi connectivity index (χ0n) is 34.3. The predicted molar refractivity (Wildman–Crippen MR) is 210 cm³/mol. The highest BCUT2D eigenvalue weighted by Crippen LogP contribution is 2.31. The number of nitrogens with two attached hydrogens (primary N) is 1. The summed E-state index contributed by atoms with van der Waals surface area (Å²) in [6, 6.07) is 5.32. The highest BCUT2D eigenvalue weighted by atomic mass is 32.2. The van der Waals surface area contributed by atoms with Gasteiger partial charge in [0.2, 0.25) is 11.8 Å². The number of nitrogens with zero attached hydrogens (tertiary/aromatic N) is 3. The van der Waals surface area contributed by atoms with Crippen LogP contribution in [0.4, 0.5) is 5.69 Å². The van der Waals surface area contributed by atoms with Gasteiger partial charge in [-0.05, 0) is 62.4 Å². The molecule has 302 valence electrons. The van der Waals surface area contributed by atoms with Crippen molar-refractivity contribution in [1.29, 1.82) is 0 Å². The molecular formula is C40H68N4O8S. The number of likely N-dealkylation sites (N-methyl/N-ethyl adjacent to an activating group) is 2. The number of ether oxygens (including phenoxy) is 2. The summed E-state index contributed by atoms with van der Waals surface area (Å²) in [6.07, 6.45) is 0.800. The lowest BCUT2D eigenvalue weighted by Crippen LogP contribution is -2.54. The second kappa shape index (κ2) is 20.7. The summed E-state index contributed by atoms with van der Waals surface area (Å²) in [5, 5.41) is 0. The largest absolute Gasteiger partial charge is 0.399 e. The van der Waals surface area contributed by atoms with Crippen LogP contribution in [-0.4, -0.2) is 124 Å². The topological polar surface area (TPSA) is 157 Å². The van der Waals surface area contributed by atoms with Gasteiger partial charge in [-0.3, -0.25) is 24.1 Å². The Balaban J connectivity index is 2.26. The van der Waals surface area contributed by atoms with E-state index in [2.05, 4.69) is 0 Å². The van der Waals surface area contributed by atoms with Gasteiger partial charge in [0.25, 0.3) is 0 Å². The average molecular weight is 765 g/mol. The number of benzene rings is 1. The van der Waals surface area contributed by atoms with Crippen LogP contribution in [0.1, 0.15) is 86.1 Å². The number of Topliss-reactive ketones (excluding diaryl/α,β-unsaturated/α-hetero) is 2. The standard InChI is InChI=1S/C40H68N4O8S/c1-13-27(6)38(43(10)40(48)31(25(2)3)21-33(45)37(26(4)5)42(8)9)35(51-11)22-36(47)44-20-14-15-32(44)39(52-12)28(7)34(46)24-53(49,50)23-29-16-18-30(41)19-17-29/h16-19,25-28,31-32,35,37-39H,13-15,20-24,41H2,1-12H3/t27-,28-,31-,32-,35+,37-,38-,39+/m0/s1. The third-order valence-corrected chi connectivity index (χ3v) is 12.6. The quantitative estimate of drug-likeness (QED) is 0.167. The smallest absolute Gasteiger partial charge is 0.226 e. The van der Waals surface area contributed by atoms with E-state index >= 15 is 0 Å². The number of carbonyl (C=O) groups excluding carboxylic acids is 4. The Morgan fingerprint density at radius 1 is 0.906 bits per heavy atom. The number of anilines is 1. The Kier molecular flexibility index (Phi) is 18.1. The van der Waals surface area contributed by atoms with Crippen LogP contribution in [0.5, 0.6) is 0 Å². The number of methoxy groups -OCH3 is 2. The Hall–Kier alpha value is -2.87. The molecule has 0 unspecified atom stereocenters. The fourth-order valence-corrected chi connectivity index (χ4v) is 9.57.